The largest absolute Gasteiger partial charge is 0.496 e. The van der Waals surface area contributed by atoms with Gasteiger partial charge < -0.3 is 9.84 Å². The maximum Gasteiger partial charge on any atom is 0.328 e. The summed E-state index contributed by atoms with van der Waals surface area (Å²) in [6, 6.07) is 5.15. The zero-order chi connectivity index (χ0) is 12.1. The maximum absolute atomic E-state index is 11.7. The van der Waals surface area contributed by atoms with Crippen LogP contribution in [0.5, 0.6) is 5.75 Å². The molecule has 0 fully saturated rings. The van der Waals surface area contributed by atoms with Gasteiger partial charge in [-0.25, -0.2) is 4.79 Å². The predicted octanol–water partition coefficient (Wildman–Crippen LogP) is 1.83. The highest BCUT2D eigenvalue weighted by atomic mass is 16.5. The number of aryl methyl sites for hydroxylation is 1. The lowest BCUT2D eigenvalue weighted by atomic mass is 10.1. The molecule has 0 amide bonds. The van der Waals surface area contributed by atoms with E-state index >= 15 is 0 Å². The number of hydrogen-bond acceptors (Lipinski definition) is 3. The van der Waals surface area contributed by atoms with Gasteiger partial charge in [0.25, 0.3) is 0 Å². The number of benzene rings is 1. The molecule has 0 unspecified atom stereocenters. The predicted molar refractivity (Wildman–Crippen MR) is 58.8 cm³/mol. The lowest BCUT2D eigenvalue weighted by Crippen LogP contribution is -2.00. The molecule has 0 saturated carbocycles. The molecule has 1 N–H and O–H groups in total. The molecule has 0 bridgehead atoms. The molecular formula is C12H12O4. The third kappa shape index (κ3) is 2.95. The van der Waals surface area contributed by atoms with Gasteiger partial charge in [-0.1, -0.05) is 11.6 Å². The van der Waals surface area contributed by atoms with Crippen molar-refractivity contribution in [3.63, 3.8) is 0 Å². The molecule has 1 aromatic carbocycles. The van der Waals surface area contributed by atoms with E-state index in [1.54, 1.807) is 12.1 Å². The van der Waals surface area contributed by atoms with Crippen molar-refractivity contribution >= 4 is 11.8 Å². The second-order valence-corrected chi connectivity index (χ2v) is 3.24. The lowest BCUT2D eigenvalue weighted by molar-refractivity contribution is -0.131. The molecule has 0 aliphatic carbocycles. The Hall–Kier alpha value is -2.10. The number of aliphatic carboxylic acids is 1. The molecule has 1 aromatic rings. The first-order valence-corrected chi connectivity index (χ1v) is 4.64. The minimum atomic E-state index is -1.15. The van der Waals surface area contributed by atoms with E-state index in [0.717, 1.165) is 17.7 Å². The number of ketones is 1. The summed E-state index contributed by atoms with van der Waals surface area (Å²) in [6.07, 6.45) is 1.82. The van der Waals surface area contributed by atoms with Crippen LogP contribution in [0.1, 0.15) is 15.9 Å². The Morgan fingerprint density at radius 1 is 1.31 bits per heavy atom. The Morgan fingerprint density at radius 2 is 2.00 bits per heavy atom. The minimum absolute atomic E-state index is 0.361. The van der Waals surface area contributed by atoms with Gasteiger partial charge >= 0.3 is 5.97 Å². The molecule has 1 rings (SSSR count). The van der Waals surface area contributed by atoms with Gasteiger partial charge in [0, 0.05) is 6.08 Å². The van der Waals surface area contributed by atoms with Crippen molar-refractivity contribution in [3.05, 3.63) is 41.5 Å². The third-order valence-electron chi connectivity index (χ3n) is 2.00. The van der Waals surface area contributed by atoms with Gasteiger partial charge in [-0.2, -0.15) is 0 Å². The molecule has 0 spiro atoms. The first-order chi connectivity index (χ1) is 7.54. The van der Waals surface area contributed by atoms with Crippen LogP contribution in [0.25, 0.3) is 0 Å². The van der Waals surface area contributed by atoms with Crippen LogP contribution >= 0.6 is 0 Å². The van der Waals surface area contributed by atoms with Crippen molar-refractivity contribution in [2.75, 3.05) is 7.11 Å². The first-order valence-electron chi connectivity index (χ1n) is 4.64. The fourth-order valence-electron chi connectivity index (χ4n) is 1.25. The summed E-state index contributed by atoms with van der Waals surface area (Å²) in [5, 5.41) is 8.42. The Labute approximate surface area is 93.2 Å². The summed E-state index contributed by atoms with van der Waals surface area (Å²) in [5.74, 6) is -1.10. The zero-order valence-electron chi connectivity index (χ0n) is 9.06. The van der Waals surface area contributed by atoms with E-state index in [4.69, 9.17) is 9.84 Å². The highest BCUT2D eigenvalue weighted by molar-refractivity contribution is 6.08. The lowest BCUT2D eigenvalue weighted by Gasteiger charge is -2.06. The Balaban J connectivity index is 3.06. The molecule has 84 valence electrons. The molecule has 0 atom stereocenters. The molecule has 0 radical (unpaired) electrons. The van der Waals surface area contributed by atoms with E-state index in [9.17, 15) is 9.59 Å². The smallest absolute Gasteiger partial charge is 0.328 e. The van der Waals surface area contributed by atoms with Crippen LogP contribution in [0.4, 0.5) is 0 Å². The van der Waals surface area contributed by atoms with Crippen LogP contribution in [0.15, 0.2) is 30.4 Å². The SMILES string of the molecule is COc1ccc(C)cc1C(=O)/C=C/C(=O)O. The maximum atomic E-state index is 11.7. The van der Waals surface area contributed by atoms with Gasteiger partial charge in [0.1, 0.15) is 5.75 Å². The fourth-order valence-corrected chi connectivity index (χ4v) is 1.25. The summed E-state index contributed by atoms with van der Waals surface area (Å²) in [7, 11) is 1.46. The van der Waals surface area contributed by atoms with Crippen LogP contribution < -0.4 is 4.74 Å². The van der Waals surface area contributed by atoms with Gasteiger partial charge in [0.15, 0.2) is 5.78 Å². The van der Waals surface area contributed by atoms with Crippen molar-refractivity contribution in [1.29, 1.82) is 0 Å². The van der Waals surface area contributed by atoms with Crippen molar-refractivity contribution in [2.45, 2.75) is 6.92 Å². The molecule has 0 aromatic heterocycles. The van der Waals surface area contributed by atoms with Crippen LogP contribution in [-0.2, 0) is 4.79 Å². The first kappa shape index (κ1) is 12.0. The highest BCUT2D eigenvalue weighted by Crippen LogP contribution is 2.20. The number of carbonyl (C=O) groups is 2. The summed E-state index contributed by atoms with van der Waals surface area (Å²) >= 11 is 0. The van der Waals surface area contributed by atoms with Crippen molar-refractivity contribution in [3.8, 4) is 5.75 Å². The van der Waals surface area contributed by atoms with Crippen LogP contribution in [0.3, 0.4) is 0 Å². The average molecular weight is 220 g/mol. The second-order valence-electron chi connectivity index (χ2n) is 3.24. The Kier molecular flexibility index (Phi) is 3.83. The van der Waals surface area contributed by atoms with E-state index in [-0.39, 0.29) is 5.78 Å². The molecule has 16 heavy (non-hydrogen) atoms. The summed E-state index contributed by atoms with van der Waals surface area (Å²) in [6.45, 7) is 1.84. The Bertz CT molecular complexity index is 446. The van der Waals surface area contributed by atoms with Gasteiger partial charge in [0.05, 0.1) is 12.7 Å². The quantitative estimate of drug-likeness (QED) is 0.621. The summed E-state index contributed by atoms with van der Waals surface area (Å²) in [4.78, 5) is 21.9. The summed E-state index contributed by atoms with van der Waals surface area (Å²) < 4.78 is 5.03. The molecular weight excluding hydrogens is 208 g/mol. The van der Waals surface area contributed by atoms with Gasteiger partial charge in [0.2, 0.25) is 0 Å². The highest BCUT2D eigenvalue weighted by Gasteiger charge is 2.09. The molecule has 0 heterocycles. The van der Waals surface area contributed by atoms with E-state index in [1.165, 1.54) is 7.11 Å². The van der Waals surface area contributed by atoms with Crippen molar-refractivity contribution in [1.82, 2.24) is 0 Å². The van der Waals surface area contributed by atoms with Crippen molar-refractivity contribution in [2.24, 2.45) is 0 Å². The molecule has 4 nitrogen and oxygen atoms in total. The average Bonchev–Trinajstić information content (AvgIpc) is 2.25. The molecule has 0 aliphatic rings. The standard InChI is InChI=1S/C12H12O4/c1-8-3-5-11(16-2)9(7-8)10(13)4-6-12(14)15/h3-7H,1-2H3,(H,14,15)/b6-4+. The van der Waals surface area contributed by atoms with Crippen molar-refractivity contribution < 1.29 is 19.4 Å². The number of methoxy groups -OCH3 is 1. The van der Waals surface area contributed by atoms with E-state index in [2.05, 4.69) is 0 Å². The third-order valence-corrected chi connectivity index (χ3v) is 2.00. The van der Waals surface area contributed by atoms with Gasteiger partial charge in [-0.05, 0) is 25.1 Å². The van der Waals surface area contributed by atoms with Crippen LogP contribution in [0.2, 0.25) is 0 Å². The van der Waals surface area contributed by atoms with Gasteiger partial charge in [-0.15, -0.1) is 0 Å². The number of carboxylic acids is 1. The number of allylic oxidation sites excluding steroid dienone is 1. The number of hydrogen-bond donors (Lipinski definition) is 1. The Morgan fingerprint density at radius 3 is 2.56 bits per heavy atom. The van der Waals surface area contributed by atoms with Crippen LogP contribution in [0, 0.1) is 6.92 Å². The number of ether oxygens (including phenoxy) is 1. The normalized spacial score (nSPS) is 10.4. The number of rotatable bonds is 4. The number of carbonyl (C=O) groups excluding carboxylic acids is 1. The zero-order valence-corrected chi connectivity index (χ0v) is 9.06. The second kappa shape index (κ2) is 5.11. The summed E-state index contributed by atoms with van der Waals surface area (Å²) in [5.41, 5.74) is 1.27. The minimum Gasteiger partial charge on any atom is -0.496 e. The molecule has 0 aliphatic heterocycles. The molecule has 0 saturated heterocycles. The van der Waals surface area contributed by atoms with Gasteiger partial charge in [-0.3, -0.25) is 4.79 Å². The topological polar surface area (TPSA) is 63.6 Å². The monoisotopic (exact) mass is 220 g/mol. The van der Waals surface area contributed by atoms with E-state index < -0.39 is 5.97 Å². The molecule has 4 heteroatoms. The fraction of sp³-hybridized carbons (Fsp3) is 0.167. The van der Waals surface area contributed by atoms with Crippen LogP contribution in [-0.4, -0.2) is 24.0 Å². The van der Waals surface area contributed by atoms with E-state index in [1.807, 2.05) is 13.0 Å². The number of carboxylic acid groups (broad SMARTS) is 1. The van der Waals surface area contributed by atoms with E-state index in [0.29, 0.717) is 11.3 Å².